The molecule has 0 N–H and O–H groups in total. The first-order chi connectivity index (χ1) is 7.61. The van der Waals surface area contributed by atoms with Crippen LogP contribution in [0.5, 0.6) is 5.75 Å². The molecule has 0 aliphatic heterocycles. The number of rotatable bonds is 3. The van der Waals surface area contributed by atoms with Crippen molar-refractivity contribution in [3.05, 3.63) is 23.0 Å². The van der Waals surface area contributed by atoms with E-state index in [2.05, 4.69) is 9.72 Å². The minimum atomic E-state index is -0.479. The van der Waals surface area contributed by atoms with E-state index in [9.17, 15) is 4.79 Å². The van der Waals surface area contributed by atoms with Gasteiger partial charge in [-0.25, -0.2) is 9.78 Å². The number of ether oxygens (including phenoxy) is 2. The Kier molecular flexibility index (Phi) is 3.84. The van der Waals surface area contributed by atoms with Gasteiger partial charge in [0.15, 0.2) is 12.3 Å². The topological polar surface area (TPSA) is 72.2 Å². The lowest BCUT2D eigenvalue weighted by Gasteiger charge is -2.10. The first kappa shape index (κ1) is 12.0. The summed E-state index contributed by atoms with van der Waals surface area (Å²) in [5.41, 5.74) is 1.75. The van der Waals surface area contributed by atoms with E-state index in [1.54, 1.807) is 13.8 Å². The molecule has 1 rings (SSSR count). The van der Waals surface area contributed by atoms with Crippen molar-refractivity contribution in [2.45, 2.75) is 13.8 Å². The number of pyridine rings is 1. The minimum Gasteiger partial charge on any atom is -0.477 e. The maximum atomic E-state index is 11.3. The summed E-state index contributed by atoms with van der Waals surface area (Å²) in [5.74, 6) is 0.0270. The maximum absolute atomic E-state index is 11.3. The standard InChI is InChI=1S/C11H12N2O3/c1-7-8(2)10(11(14)15-3)13-6-9(7)16-5-4-12/h6H,5H2,1-3H3. The van der Waals surface area contributed by atoms with Crippen molar-refractivity contribution < 1.29 is 14.3 Å². The highest BCUT2D eigenvalue weighted by Crippen LogP contribution is 2.22. The van der Waals surface area contributed by atoms with E-state index in [4.69, 9.17) is 10.00 Å². The molecule has 0 spiro atoms. The molecule has 1 aromatic heterocycles. The first-order valence-corrected chi connectivity index (χ1v) is 4.66. The van der Waals surface area contributed by atoms with E-state index in [1.165, 1.54) is 13.3 Å². The van der Waals surface area contributed by atoms with Gasteiger partial charge in [0.25, 0.3) is 0 Å². The highest BCUT2D eigenvalue weighted by Gasteiger charge is 2.15. The number of nitriles is 1. The summed E-state index contributed by atoms with van der Waals surface area (Å²) >= 11 is 0. The van der Waals surface area contributed by atoms with Gasteiger partial charge in [-0.3, -0.25) is 0 Å². The molecule has 1 aromatic rings. The van der Waals surface area contributed by atoms with Gasteiger partial charge in [-0.2, -0.15) is 5.26 Å². The lowest BCUT2D eigenvalue weighted by Crippen LogP contribution is -2.09. The van der Waals surface area contributed by atoms with Crippen LogP contribution in [0.25, 0.3) is 0 Å². The number of carbonyl (C=O) groups is 1. The van der Waals surface area contributed by atoms with Crippen molar-refractivity contribution in [3.63, 3.8) is 0 Å². The van der Waals surface area contributed by atoms with E-state index < -0.39 is 5.97 Å². The van der Waals surface area contributed by atoms with Crippen molar-refractivity contribution in [2.75, 3.05) is 13.7 Å². The van der Waals surface area contributed by atoms with Crippen molar-refractivity contribution >= 4 is 5.97 Å². The van der Waals surface area contributed by atoms with E-state index in [0.717, 1.165) is 5.56 Å². The molecule has 0 aliphatic carbocycles. The van der Waals surface area contributed by atoms with Crippen LogP contribution in [0.4, 0.5) is 0 Å². The second-order valence-corrected chi connectivity index (χ2v) is 3.16. The molecule has 0 saturated carbocycles. The van der Waals surface area contributed by atoms with Crippen LogP contribution in [-0.2, 0) is 4.74 Å². The lowest BCUT2D eigenvalue weighted by atomic mass is 10.1. The van der Waals surface area contributed by atoms with Crippen molar-refractivity contribution in [1.82, 2.24) is 4.98 Å². The number of aromatic nitrogens is 1. The number of esters is 1. The van der Waals surface area contributed by atoms with Crippen LogP contribution in [0.3, 0.4) is 0 Å². The van der Waals surface area contributed by atoms with Gasteiger partial charge in [0.1, 0.15) is 11.8 Å². The Balaban J connectivity index is 3.09. The number of hydrogen-bond acceptors (Lipinski definition) is 5. The fraction of sp³-hybridized carbons (Fsp3) is 0.364. The summed E-state index contributed by atoms with van der Waals surface area (Å²) in [4.78, 5) is 15.3. The molecular formula is C11H12N2O3. The summed E-state index contributed by atoms with van der Waals surface area (Å²) in [7, 11) is 1.30. The Labute approximate surface area is 93.6 Å². The smallest absolute Gasteiger partial charge is 0.356 e. The second-order valence-electron chi connectivity index (χ2n) is 3.16. The first-order valence-electron chi connectivity index (χ1n) is 4.66. The Morgan fingerprint density at radius 3 is 2.75 bits per heavy atom. The Morgan fingerprint density at radius 1 is 1.50 bits per heavy atom. The van der Waals surface area contributed by atoms with Crippen LogP contribution in [0.15, 0.2) is 6.20 Å². The van der Waals surface area contributed by atoms with Gasteiger partial charge in [0.05, 0.1) is 13.3 Å². The SMILES string of the molecule is COC(=O)c1ncc(OCC#N)c(C)c1C. The van der Waals surface area contributed by atoms with Gasteiger partial charge in [0, 0.05) is 0 Å². The molecule has 0 aromatic carbocycles. The van der Waals surface area contributed by atoms with Gasteiger partial charge < -0.3 is 9.47 Å². The number of hydrogen-bond donors (Lipinski definition) is 0. The van der Waals surface area contributed by atoms with Gasteiger partial charge in [0.2, 0.25) is 0 Å². The molecular weight excluding hydrogens is 208 g/mol. The van der Waals surface area contributed by atoms with Crippen LogP contribution in [0, 0.1) is 25.2 Å². The van der Waals surface area contributed by atoms with Gasteiger partial charge in [-0.15, -0.1) is 0 Å². The highest BCUT2D eigenvalue weighted by atomic mass is 16.5. The Bertz CT molecular complexity index is 449. The zero-order valence-electron chi connectivity index (χ0n) is 9.40. The molecule has 0 bridgehead atoms. The second kappa shape index (κ2) is 5.12. The number of carbonyl (C=O) groups excluding carboxylic acids is 1. The third-order valence-corrected chi connectivity index (χ3v) is 2.27. The van der Waals surface area contributed by atoms with Crippen LogP contribution >= 0.6 is 0 Å². The third-order valence-electron chi connectivity index (χ3n) is 2.27. The summed E-state index contributed by atoms with van der Waals surface area (Å²) in [5, 5.41) is 8.40. The number of methoxy groups -OCH3 is 1. The summed E-state index contributed by atoms with van der Waals surface area (Å²) in [6.45, 7) is 3.52. The van der Waals surface area contributed by atoms with Crippen LogP contribution in [0.1, 0.15) is 21.6 Å². The molecule has 0 fully saturated rings. The largest absolute Gasteiger partial charge is 0.477 e. The fourth-order valence-corrected chi connectivity index (χ4v) is 1.24. The number of nitrogens with zero attached hydrogens (tertiary/aromatic N) is 2. The van der Waals surface area contributed by atoms with E-state index in [0.29, 0.717) is 11.3 Å². The molecule has 5 heteroatoms. The fourth-order valence-electron chi connectivity index (χ4n) is 1.24. The molecule has 16 heavy (non-hydrogen) atoms. The Hall–Kier alpha value is -2.09. The molecule has 84 valence electrons. The van der Waals surface area contributed by atoms with Crippen molar-refractivity contribution in [1.29, 1.82) is 5.26 Å². The van der Waals surface area contributed by atoms with Crippen LogP contribution in [-0.4, -0.2) is 24.7 Å². The molecule has 0 amide bonds. The van der Waals surface area contributed by atoms with E-state index in [1.807, 2.05) is 6.07 Å². The van der Waals surface area contributed by atoms with Crippen molar-refractivity contribution in [2.24, 2.45) is 0 Å². The molecule has 0 radical (unpaired) electrons. The Morgan fingerprint density at radius 2 is 2.19 bits per heavy atom. The van der Waals surface area contributed by atoms with Crippen LogP contribution in [0.2, 0.25) is 0 Å². The molecule has 0 atom stereocenters. The molecule has 0 saturated heterocycles. The normalized spacial score (nSPS) is 9.38. The molecule has 1 heterocycles. The third kappa shape index (κ3) is 2.28. The molecule has 0 unspecified atom stereocenters. The van der Waals surface area contributed by atoms with Crippen LogP contribution < -0.4 is 4.74 Å². The molecule has 5 nitrogen and oxygen atoms in total. The predicted octanol–water partition coefficient (Wildman–Crippen LogP) is 1.39. The summed E-state index contributed by atoms with van der Waals surface area (Å²) < 4.78 is 9.76. The quantitative estimate of drug-likeness (QED) is 0.719. The van der Waals surface area contributed by atoms with Crippen molar-refractivity contribution in [3.8, 4) is 11.8 Å². The highest BCUT2D eigenvalue weighted by molar-refractivity contribution is 5.89. The zero-order valence-corrected chi connectivity index (χ0v) is 9.40. The average molecular weight is 220 g/mol. The zero-order chi connectivity index (χ0) is 12.1. The van der Waals surface area contributed by atoms with E-state index >= 15 is 0 Å². The lowest BCUT2D eigenvalue weighted by molar-refractivity contribution is 0.0593. The van der Waals surface area contributed by atoms with Gasteiger partial charge in [-0.1, -0.05) is 0 Å². The minimum absolute atomic E-state index is 0.0421. The maximum Gasteiger partial charge on any atom is 0.356 e. The van der Waals surface area contributed by atoms with E-state index in [-0.39, 0.29) is 12.3 Å². The summed E-state index contributed by atoms with van der Waals surface area (Å²) in [6, 6.07) is 1.87. The predicted molar refractivity (Wildman–Crippen MR) is 56.2 cm³/mol. The van der Waals surface area contributed by atoms with Gasteiger partial charge >= 0.3 is 5.97 Å². The molecule has 0 aliphatic rings. The summed E-state index contributed by atoms with van der Waals surface area (Å²) in [6.07, 6.45) is 1.42. The monoisotopic (exact) mass is 220 g/mol. The van der Waals surface area contributed by atoms with Gasteiger partial charge in [-0.05, 0) is 25.0 Å². The average Bonchev–Trinajstić information content (AvgIpc) is 2.30.